The van der Waals surface area contributed by atoms with Gasteiger partial charge in [-0.15, -0.1) is 0 Å². The first-order chi connectivity index (χ1) is 9.22. The number of benzene rings is 1. The molecule has 104 valence electrons. The number of hydrogen-bond acceptors (Lipinski definition) is 3. The summed E-state index contributed by atoms with van der Waals surface area (Å²) in [6.07, 6.45) is 2.81. The van der Waals surface area contributed by atoms with Crippen LogP contribution in [0.2, 0.25) is 0 Å². The molecule has 1 atom stereocenters. The minimum Gasteiger partial charge on any atom is -0.381 e. The zero-order valence-corrected chi connectivity index (χ0v) is 11.3. The smallest absolute Gasteiger partial charge is 0.224 e. The van der Waals surface area contributed by atoms with Gasteiger partial charge in [0, 0.05) is 19.7 Å². The van der Waals surface area contributed by atoms with Gasteiger partial charge in [0.05, 0.1) is 12.0 Å². The molecule has 4 heteroatoms. The molecule has 1 aromatic rings. The van der Waals surface area contributed by atoms with Crippen molar-refractivity contribution < 1.29 is 9.53 Å². The molecule has 0 saturated heterocycles. The molecule has 1 unspecified atom stereocenters. The molecule has 0 radical (unpaired) electrons. The third-order valence-electron chi connectivity index (χ3n) is 3.75. The molecule has 0 bridgehead atoms. The van der Waals surface area contributed by atoms with Crippen molar-refractivity contribution in [2.75, 3.05) is 13.7 Å². The van der Waals surface area contributed by atoms with Crippen molar-refractivity contribution in [3.05, 3.63) is 35.9 Å². The normalized spacial score (nSPS) is 23.5. The number of nitrogens with two attached hydrogens (primary N) is 1. The molecule has 1 aromatic carbocycles. The Labute approximate surface area is 114 Å². The van der Waals surface area contributed by atoms with Gasteiger partial charge in [-0.1, -0.05) is 30.3 Å². The lowest BCUT2D eigenvalue weighted by Crippen LogP contribution is -2.50. The predicted molar refractivity (Wildman–Crippen MR) is 74.7 cm³/mol. The van der Waals surface area contributed by atoms with Gasteiger partial charge in [0.1, 0.15) is 0 Å². The molecule has 0 spiro atoms. The van der Waals surface area contributed by atoms with Crippen molar-refractivity contribution in [3.63, 3.8) is 0 Å². The second-order valence-electron chi connectivity index (χ2n) is 5.16. The van der Waals surface area contributed by atoms with Crippen molar-refractivity contribution in [2.24, 2.45) is 11.7 Å². The van der Waals surface area contributed by atoms with Crippen molar-refractivity contribution in [1.29, 1.82) is 0 Å². The lowest BCUT2D eigenvalue weighted by Gasteiger charge is -2.35. The Morgan fingerprint density at radius 3 is 2.68 bits per heavy atom. The topological polar surface area (TPSA) is 64.3 Å². The van der Waals surface area contributed by atoms with Gasteiger partial charge in [-0.2, -0.15) is 0 Å². The van der Waals surface area contributed by atoms with Crippen LogP contribution in [0.1, 0.15) is 18.4 Å². The second kappa shape index (κ2) is 6.68. The van der Waals surface area contributed by atoms with E-state index in [2.05, 4.69) is 5.32 Å². The lowest BCUT2D eigenvalue weighted by atomic mass is 9.88. The van der Waals surface area contributed by atoms with Gasteiger partial charge in [0.15, 0.2) is 0 Å². The Kier molecular flexibility index (Phi) is 4.93. The van der Waals surface area contributed by atoms with Crippen LogP contribution in [0.4, 0.5) is 0 Å². The van der Waals surface area contributed by atoms with E-state index in [1.54, 1.807) is 7.11 Å². The minimum absolute atomic E-state index is 0.0610. The Morgan fingerprint density at radius 2 is 2.11 bits per heavy atom. The van der Waals surface area contributed by atoms with Crippen molar-refractivity contribution >= 4 is 5.91 Å². The predicted octanol–water partition coefficient (Wildman–Crippen LogP) is 1.10. The van der Waals surface area contributed by atoms with E-state index in [9.17, 15) is 4.79 Å². The molecule has 0 aliphatic heterocycles. The molecule has 2 rings (SSSR count). The van der Waals surface area contributed by atoms with Gasteiger partial charge in [-0.25, -0.2) is 0 Å². The van der Waals surface area contributed by atoms with Gasteiger partial charge in [0.2, 0.25) is 5.91 Å². The summed E-state index contributed by atoms with van der Waals surface area (Å²) in [5, 5.41) is 3.05. The van der Waals surface area contributed by atoms with E-state index >= 15 is 0 Å². The van der Waals surface area contributed by atoms with Crippen LogP contribution in [0.3, 0.4) is 0 Å². The molecular weight excluding hydrogens is 240 g/mol. The molecular formula is C15H22N2O2. The van der Waals surface area contributed by atoms with Crippen molar-refractivity contribution in [1.82, 2.24) is 5.32 Å². The monoisotopic (exact) mass is 262 g/mol. The number of rotatable bonds is 6. The van der Waals surface area contributed by atoms with E-state index < -0.39 is 0 Å². The maximum Gasteiger partial charge on any atom is 0.224 e. The van der Waals surface area contributed by atoms with Gasteiger partial charge in [0.25, 0.3) is 0 Å². The summed E-state index contributed by atoms with van der Waals surface area (Å²) in [6, 6.07) is 10.2. The van der Waals surface area contributed by atoms with Gasteiger partial charge in [-0.3, -0.25) is 4.79 Å². The van der Waals surface area contributed by atoms with E-state index in [1.165, 1.54) is 0 Å². The quantitative estimate of drug-likeness (QED) is 0.807. The summed E-state index contributed by atoms with van der Waals surface area (Å²) in [5.41, 5.74) is 6.87. The fourth-order valence-electron chi connectivity index (χ4n) is 2.38. The molecule has 0 aromatic heterocycles. The molecule has 1 aliphatic carbocycles. The Hall–Kier alpha value is -1.39. The van der Waals surface area contributed by atoms with Crippen molar-refractivity contribution in [3.8, 4) is 0 Å². The number of amides is 1. The van der Waals surface area contributed by atoms with Gasteiger partial charge in [-0.05, 0) is 24.8 Å². The molecule has 0 heterocycles. The number of carbonyl (C=O) groups is 1. The van der Waals surface area contributed by atoms with Crippen LogP contribution in [0.15, 0.2) is 30.3 Å². The highest BCUT2D eigenvalue weighted by Gasteiger charge is 2.31. The molecule has 1 saturated carbocycles. The maximum absolute atomic E-state index is 12.1. The number of ether oxygens (including phenoxy) is 1. The number of nitrogens with one attached hydrogen (secondary N) is 1. The molecule has 3 N–H and O–H groups in total. The Bertz CT molecular complexity index is 402. The van der Waals surface area contributed by atoms with Crippen LogP contribution in [0.25, 0.3) is 0 Å². The third-order valence-corrected chi connectivity index (χ3v) is 3.75. The third kappa shape index (κ3) is 3.78. The first-order valence-electron chi connectivity index (χ1n) is 6.80. The SMILES string of the molecule is COC1CC(NC(=O)C(CN)Cc2ccccc2)C1. The Balaban J connectivity index is 1.82. The Morgan fingerprint density at radius 1 is 1.42 bits per heavy atom. The summed E-state index contributed by atoms with van der Waals surface area (Å²) in [6.45, 7) is 0.376. The summed E-state index contributed by atoms with van der Waals surface area (Å²) < 4.78 is 5.20. The highest BCUT2D eigenvalue weighted by molar-refractivity contribution is 5.79. The van der Waals surface area contributed by atoms with Crippen LogP contribution < -0.4 is 11.1 Å². The van der Waals surface area contributed by atoms with Crippen LogP contribution in [-0.2, 0) is 16.0 Å². The number of carbonyl (C=O) groups excluding carboxylic acids is 1. The second-order valence-corrected chi connectivity index (χ2v) is 5.16. The molecule has 1 fully saturated rings. The van der Waals surface area contributed by atoms with Crippen molar-refractivity contribution in [2.45, 2.75) is 31.4 Å². The van der Waals surface area contributed by atoms with E-state index in [0.717, 1.165) is 18.4 Å². The van der Waals surface area contributed by atoms with E-state index in [-0.39, 0.29) is 17.9 Å². The zero-order chi connectivity index (χ0) is 13.7. The first kappa shape index (κ1) is 14.0. The van der Waals surface area contributed by atoms with Gasteiger partial charge < -0.3 is 15.8 Å². The van der Waals surface area contributed by atoms with E-state index in [0.29, 0.717) is 19.1 Å². The standard InChI is InChI=1S/C15H22N2O2/c1-19-14-8-13(9-14)17-15(18)12(10-16)7-11-5-3-2-4-6-11/h2-6,12-14H,7-10,16H2,1H3,(H,17,18). The number of hydrogen-bond donors (Lipinski definition) is 2. The average molecular weight is 262 g/mol. The summed E-state index contributed by atoms with van der Waals surface area (Å²) in [5.74, 6) is -0.0881. The first-order valence-corrected chi connectivity index (χ1v) is 6.80. The van der Waals surface area contributed by atoms with E-state index in [4.69, 9.17) is 10.5 Å². The fraction of sp³-hybridized carbons (Fsp3) is 0.533. The zero-order valence-electron chi connectivity index (χ0n) is 11.3. The number of methoxy groups -OCH3 is 1. The maximum atomic E-state index is 12.1. The summed E-state index contributed by atoms with van der Waals surface area (Å²) >= 11 is 0. The van der Waals surface area contributed by atoms with Crippen LogP contribution >= 0.6 is 0 Å². The molecule has 1 amide bonds. The van der Waals surface area contributed by atoms with E-state index in [1.807, 2.05) is 30.3 Å². The summed E-state index contributed by atoms with van der Waals surface area (Å²) in [4.78, 5) is 12.1. The minimum atomic E-state index is -0.149. The average Bonchev–Trinajstić information content (AvgIpc) is 2.40. The fourth-order valence-corrected chi connectivity index (χ4v) is 2.38. The molecule has 19 heavy (non-hydrogen) atoms. The highest BCUT2D eigenvalue weighted by Crippen LogP contribution is 2.23. The molecule has 4 nitrogen and oxygen atoms in total. The van der Waals surface area contributed by atoms with Crippen LogP contribution in [0.5, 0.6) is 0 Å². The van der Waals surface area contributed by atoms with Crippen LogP contribution in [0, 0.1) is 5.92 Å². The lowest BCUT2D eigenvalue weighted by molar-refractivity contribution is -0.127. The highest BCUT2D eigenvalue weighted by atomic mass is 16.5. The van der Waals surface area contributed by atoms with Crippen LogP contribution in [-0.4, -0.2) is 31.7 Å². The largest absolute Gasteiger partial charge is 0.381 e. The molecule has 1 aliphatic rings. The summed E-state index contributed by atoms with van der Waals surface area (Å²) in [7, 11) is 1.71. The van der Waals surface area contributed by atoms with Gasteiger partial charge >= 0.3 is 0 Å².